The van der Waals surface area contributed by atoms with Crippen LogP contribution in [0.3, 0.4) is 0 Å². The second-order valence-electron chi connectivity index (χ2n) is 6.85. The molecule has 5 nitrogen and oxygen atoms in total. The van der Waals surface area contributed by atoms with Gasteiger partial charge in [0.25, 0.3) is 0 Å². The Morgan fingerprint density at radius 1 is 1.29 bits per heavy atom. The molecule has 1 heterocycles. The van der Waals surface area contributed by atoms with Crippen molar-refractivity contribution in [3.05, 3.63) is 5.82 Å². The monoisotopic (exact) mass is 310 g/mol. The van der Waals surface area contributed by atoms with E-state index in [0.717, 1.165) is 17.4 Å². The number of aromatic nitrogens is 3. The quantitative estimate of drug-likeness (QED) is 0.721. The molecule has 0 bridgehead atoms. The molecular formula is C15H26N4OS. The molecule has 2 atom stereocenters. The molecule has 2 unspecified atom stereocenters. The first kappa shape index (κ1) is 15.3. The van der Waals surface area contributed by atoms with Crippen LogP contribution >= 0.6 is 11.8 Å². The summed E-state index contributed by atoms with van der Waals surface area (Å²) in [5.74, 6) is 2.32. The highest BCUT2D eigenvalue weighted by atomic mass is 32.2. The van der Waals surface area contributed by atoms with E-state index >= 15 is 0 Å². The number of aliphatic hydroxyl groups excluding tert-OH is 1. The molecular weight excluding hydrogens is 284 g/mol. The number of nitrogens with two attached hydrogens (primary N) is 1. The summed E-state index contributed by atoms with van der Waals surface area (Å²) in [5.41, 5.74) is 6.26. The number of rotatable bonds is 8. The second kappa shape index (κ2) is 6.26. The van der Waals surface area contributed by atoms with Gasteiger partial charge in [0.1, 0.15) is 5.82 Å². The van der Waals surface area contributed by atoms with E-state index in [1.54, 1.807) is 11.8 Å². The summed E-state index contributed by atoms with van der Waals surface area (Å²) in [6.45, 7) is 4.42. The van der Waals surface area contributed by atoms with Crippen molar-refractivity contribution in [1.82, 2.24) is 14.8 Å². The standard InChI is InChI=1S/C15H26N4OS/c1-9(2)7-12(16)13(8-20)21-15-18-17-14(10-3-4-10)19(15)11-5-6-11/h9-13,20H,3-8,16H2,1-2H3. The summed E-state index contributed by atoms with van der Waals surface area (Å²) in [4.78, 5) is 0. The van der Waals surface area contributed by atoms with Crippen LogP contribution in [0, 0.1) is 5.92 Å². The van der Waals surface area contributed by atoms with Crippen LogP contribution in [0.5, 0.6) is 0 Å². The third-order valence-corrected chi connectivity index (χ3v) is 5.49. The molecule has 2 saturated carbocycles. The minimum atomic E-state index is -0.00581. The molecule has 0 amide bonds. The van der Waals surface area contributed by atoms with E-state index < -0.39 is 0 Å². The molecule has 118 valence electrons. The summed E-state index contributed by atoms with van der Waals surface area (Å²) in [6, 6.07) is 0.576. The molecule has 2 aliphatic carbocycles. The van der Waals surface area contributed by atoms with Crippen molar-refractivity contribution in [2.24, 2.45) is 11.7 Å². The molecule has 0 radical (unpaired) electrons. The van der Waals surface area contributed by atoms with Crippen LogP contribution in [0.15, 0.2) is 5.16 Å². The molecule has 1 aromatic rings. The molecule has 3 N–H and O–H groups in total. The smallest absolute Gasteiger partial charge is 0.191 e. The van der Waals surface area contributed by atoms with Crippen LogP contribution < -0.4 is 5.73 Å². The number of thioether (sulfide) groups is 1. The van der Waals surface area contributed by atoms with Gasteiger partial charge in [-0.25, -0.2) is 0 Å². The first-order valence-electron chi connectivity index (χ1n) is 8.08. The van der Waals surface area contributed by atoms with Crippen LogP contribution in [0.4, 0.5) is 0 Å². The van der Waals surface area contributed by atoms with Crippen molar-refractivity contribution in [1.29, 1.82) is 0 Å². The summed E-state index contributed by atoms with van der Waals surface area (Å²) in [6.07, 6.45) is 5.86. The number of aliphatic hydroxyl groups is 1. The summed E-state index contributed by atoms with van der Waals surface area (Å²) < 4.78 is 2.33. The molecule has 0 spiro atoms. The van der Waals surface area contributed by atoms with E-state index in [-0.39, 0.29) is 17.9 Å². The van der Waals surface area contributed by atoms with E-state index in [1.807, 2.05) is 0 Å². The molecule has 21 heavy (non-hydrogen) atoms. The van der Waals surface area contributed by atoms with Gasteiger partial charge < -0.3 is 15.4 Å². The topological polar surface area (TPSA) is 77.0 Å². The minimum absolute atomic E-state index is 0.00107. The third-order valence-electron chi connectivity index (χ3n) is 4.20. The van der Waals surface area contributed by atoms with Crippen molar-refractivity contribution in [2.45, 2.75) is 74.4 Å². The van der Waals surface area contributed by atoms with Gasteiger partial charge in [0.15, 0.2) is 5.16 Å². The summed E-state index contributed by atoms with van der Waals surface area (Å²) in [5, 5.41) is 19.5. The van der Waals surface area contributed by atoms with Gasteiger partial charge >= 0.3 is 0 Å². The Morgan fingerprint density at radius 3 is 2.52 bits per heavy atom. The predicted octanol–water partition coefficient (Wildman–Crippen LogP) is 2.32. The number of hydrogen-bond acceptors (Lipinski definition) is 5. The van der Waals surface area contributed by atoms with Crippen molar-refractivity contribution < 1.29 is 5.11 Å². The summed E-state index contributed by atoms with van der Waals surface area (Å²) in [7, 11) is 0. The van der Waals surface area contributed by atoms with Gasteiger partial charge in [0.05, 0.1) is 11.9 Å². The lowest BCUT2D eigenvalue weighted by molar-refractivity contribution is 0.274. The van der Waals surface area contributed by atoms with Gasteiger partial charge in [-0.15, -0.1) is 10.2 Å². The Morgan fingerprint density at radius 2 is 2.00 bits per heavy atom. The Kier molecular flexibility index (Phi) is 4.57. The zero-order chi connectivity index (χ0) is 15.0. The van der Waals surface area contributed by atoms with Crippen LogP contribution in [0.2, 0.25) is 0 Å². The molecule has 2 fully saturated rings. The lowest BCUT2D eigenvalue weighted by atomic mass is 10.0. The zero-order valence-electron chi connectivity index (χ0n) is 12.9. The fraction of sp³-hybridized carbons (Fsp3) is 0.867. The molecule has 0 saturated heterocycles. The van der Waals surface area contributed by atoms with E-state index in [4.69, 9.17) is 5.73 Å². The van der Waals surface area contributed by atoms with Gasteiger partial charge in [0.2, 0.25) is 0 Å². The minimum Gasteiger partial charge on any atom is -0.395 e. The number of hydrogen-bond donors (Lipinski definition) is 2. The largest absolute Gasteiger partial charge is 0.395 e. The Balaban J connectivity index is 1.73. The lowest BCUT2D eigenvalue weighted by Gasteiger charge is -2.22. The molecule has 2 aliphatic rings. The van der Waals surface area contributed by atoms with Crippen LogP contribution in [0.25, 0.3) is 0 Å². The van der Waals surface area contributed by atoms with E-state index in [2.05, 4.69) is 28.6 Å². The maximum absolute atomic E-state index is 9.69. The van der Waals surface area contributed by atoms with Crippen LogP contribution in [0.1, 0.15) is 63.7 Å². The van der Waals surface area contributed by atoms with E-state index in [0.29, 0.717) is 17.9 Å². The Labute approximate surface area is 130 Å². The molecule has 3 rings (SSSR count). The van der Waals surface area contributed by atoms with Crippen molar-refractivity contribution in [3.63, 3.8) is 0 Å². The predicted molar refractivity (Wildman–Crippen MR) is 84.4 cm³/mol. The first-order valence-corrected chi connectivity index (χ1v) is 8.96. The maximum Gasteiger partial charge on any atom is 0.191 e. The summed E-state index contributed by atoms with van der Waals surface area (Å²) >= 11 is 1.61. The van der Waals surface area contributed by atoms with Gasteiger partial charge in [0, 0.05) is 18.0 Å². The zero-order valence-corrected chi connectivity index (χ0v) is 13.7. The highest BCUT2D eigenvalue weighted by Gasteiger charge is 2.37. The van der Waals surface area contributed by atoms with Crippen molar-refractivity contribution >= 4 is 11.8 Å². The van der Waals surface area contributed by atoms with Gasteiger partial charge in [-0.1, -0.05) is 25.6 Å². The highest BCUT2D eigenvalue weighted by Crippen LogP contribution is 2.46. The Hall–Kier alpha value is -0.590. The fourth-order valence-electron chi connectivity index (χ4n) is 2.76. The molecule has 0 aliphatic heterocycles. The fourth-order valence-corrected chi connectivity index (χ4v) is 3.83. The van der Waals surface area contributed by atoms with Gasteiger partial charge in [-0.2, -0.15) is 0 Å². The van der Waals surface area contributed by atoms with Crippen molar-refractivity contribution in [2.75, 3.05) is 6.61 Å². The SMILES string of the molecule is CC(C)CC(N)C(CO)Sc1nnc(C2CC2)n1C1CC1. The van der Waals surface area contributed by atoms with Gasteiger partial charge in [-0.05, 0) is 38.0 Å². The van der Waals surface area contributed by atoms with Gasteiger partial charge in [-0.3, -0.25) is 0 Å². The maximum atomic E-state index is 9.69. The molecule has 1 aromatic heterocycles. The molecule has 6 heteroatoms. The average Bonchev–Trinajstić information content (AvgIpc) is 3.33. The first-order chi connectivity index (χ1) is 10.1. The normalized spacial score (nSPS) is 21.8. The lowest BCUT2D eigenvalue weighted by Crippen LogP contribution is -2.36. The number of nitrogens with zero attached hydrogens (tertiary/aromatic N) is 3. The third kappa shape index (κ3) is 3.60. The van der Waals surface area contributed by atoms with E-state index in [1.165, 1.54) is 25.7 Å². The molecule has 0 aromatic carbocycles. The highest BCUT2D eigenvalue weighted by molar-refractivity contribution is 7.99. The van der Waals surface area contributed by atoms with Crippen LogP contribution in [-0.4, -0.2) is 37.8 Å². The van der Waals surface area contributed by atoms with E-state index in [9.17, 15) is 5.11 Å². The van der Waals surface area contributed by atoms with Crippen molar-refractivity contribution in [3.8, 4) is 0 Å². The second-order valence-corrected chi connectivity index (χ2v) is 8.05. The average molecular weight is 310 g/mol. The Bertz CT molecular complexity index is 482. The van der Waals surface area contributed by atoms with Crippen LogP contribution in [-0.2, 0) is 0 Å².